The average Bonchev–Trinajstić information content (AvgIpc) is 0.763. The summed E-state index contributed by atoms with van der Waals surface area (Å²) < 4.78 is 142. The molecule has 0 spiro atoms. The molecule has 2 N–H and O–H groups in total. The van der Waals surface area contributed by atoms with Gasteiger partial charge in [-0.3, -0.25) is 0 Å². The third-order valence-electron chi connectivity index (χ3n) is 21.2. The fourth-order valence-corrected chi connectivity index (χ4v) is 39.1. The summed E-state index contributed by atoms with van der Waals surface area (Å²) in [5.74, 6) is -3.30. The van der Waals surface area contributed by atoms with Gasteiger partial charge in [0.1, 0.15) is 132 Å². The highest BCUT2D eigenvalue weighted by molar-refractivity contribution is 8.03. The lowest BCUT2D eigenvalue weighted by Gasteiger charge is -2.22. The highest BCUT2D eigenvalue weighted by atomic mass is 32.2. The zero-order valence-corrected chi connectivity index (χ0v) is 89.8. The molecule has 5 aliphatic heterocycles. The summed E-state index contributed by atoms with van der Waals surface area (Å²) in [7, 11) is -19.8. The van der Waals surface area contributed by atoms with Crippen LogP contribution in [0.4, 0.5) is 0 Å². The van der Waals surface area contributed by atoms with Crippen molar-refractivity contribution in [3.63, 3.8) is 0 Å². The molecule has 0 bridgehead atoms. The molecule has 0 atom stereocenters. The van der Waals surface area contributed by atoms with E-state index in [1.165, 1.54) is 5.56 Å². The van der Waals surface area contributed by atoms with Crippen molar-refractivity contribution in [2.24, 2.45) is 0 Å². The Kier molecular flexibility index (Phi) is 37.1. The molecule has 0 fully saturated rings. The van der Waals surface area contributed by atoms with Crippen molar-refractivity contribution in [1.29, 1.82) is 0 Å². The minimum Gasteiger partial charge on any atom is -0.550 e. The number of carbonyl (C=O) groups excluding carboxylic acids is 5. The van der Waals surface area contributed by atoms with Crippen LogP contribution in [0.1, 0.15) is 99.8 Å². The third-order valence-corrected chi connectivity index (χ3v) is 43.5. The second kappa shape index (κ2) is 48.1. The number of carboxylic acid groups (broad SMARTS) is 5. The first kappa shape index (κ1) is 113. The maximum absolute atomic E-state index is 13.1. The quantitative estimate of drug-likeness (QED) is 0.133. The topological polar surface area (TPSA) is 430 Å². The SMILES string of the molecule is CC(=O)[O-].CC(=O)[O-].CC(=O)[O-].CC(=O)[O-].CC(=O)[O-].CC(C)(C)Oc1ccc([S+]2c3ccccc3S(=O)(=O)c3ccccc32)cc1.CC(C)(C)c1ccc([S+]2c3ccccc3S(=O)(=O)c3ccccc32)cc1.CCOc1ccc([S+]2c3ccccc3S(=O)(=O)c3ccccc32)cc1.Cc1cc([S+]2c3ccccc3S(=O)(=O)c3ccccc32)cc(C)c1O.O=S1(=O)c2ccccc2[S+](c2ccc(O)cc2)c2ccccc21. The summed E-state index contributed by atoms with van der Waals surface area (Å²) in [5, 5.41) is 64.1. The lowest BCUT2D eigenvalue weighted by Crippen LogP contribution is -2.23. The molecule has 34 heteroatoms. The van der Waals surface area contributed by atoms with E-state index in [4.69, 9.17) is 59.0 Å². The number of carbonyl (C=O) groups is 5. The maximum Gasteiger partial charge on any atom is 0.216 e. The largest absolute Gasteiger partial charge is 0.550 e. The summed E-state index contributed by atoms with van der Waals surface area (Å²) in [6, 6.07) is 108. The molecule has 24 nitrogen and oxygen atoms in total. The van der Waals surface area contributed by atoms with Crippen LogP contribution in [0.2, 0.25) is 0 Å². The van der Waals surface area contributed by atoms with Gasteiger partial charge < -0.3 is 69.2 Å². The Balaban J connectivity index is 0.000000166. The van der Waals surface area contributed by atoms with Crippen molar-refractivity contribution in [3.8, 4) is 23.0 Å². The smallest absolute Gasteiger partial charge is 0.216 e. The summed E-state index contributed by atoms with van der Waals surface area (Å²) in [6.07, 6.45) is 0. The number of aliphatic carboxylic acids is 5. The number of carboxylic acids is 5. The number of phenols is 2. The van der Waals surface area contributed by atoms with E-state index in [-0.39, 0.29) is 16.8 Å². The molecule has 0 saturated heterocycles. The van der Waals surface area contributed by atoms with Crippen LogP contribution in [0.25, 0.3) is 0 Å². The predicted molar refractivity (Wildman–Crippen MR) is 551 cm³/mol. The Morgan fingerprint density at radius 1 is 0.267 bits per heavy atom. The Hall–Kier alpha value is -13.7. The normalized spacial score (nSPS) is 14.3. The monoisotopic (exact) mass is 2150 g/mol. The fourth-order valence-electron chi connectivity index (χ4n) is 15.4. The average molecular weight is 2150 g/mol. The van der Waals surface area contributed by atoms with E-state index in [9.17, 15) is 52.3 Å². The Labute approximate surface area is 865 Å². The van der Waals surface area contributed by atoms with Gasteiger partial charge in [0.25, 0.3) is 0 Å². The van der Waals surface area contributed by atoms with Crippen molar-refractivity contribution in [2.75, 3.05) is 6.61 Å². The first-order valence-electron chi connectivity index (χ1n) is 44.8. The molecule has 5 aliphatic rings. The van der Waals surface area contributed by atoms with E-state index in [0.29, 0.717) is 61.3 Å². The van der Waals surface area contributed by atoms with Crippen molar-refractivity contribution in [1.82, 2.24) is 0 Å². The number of benzene rings is 15. The molecule has 20 rings (SSSR count). The molecule has 0 amide bonds. The second-order valence-corrected chi connectivity index (χ2v) is 53.5. The van der Waals surface area contributed by atoms with Crippen LogP contribution in [0.5, 0.6) is 23.0 Å². The number of fused-ring (bicyclic) bond motifs is 10. The molecular weight excluding hydrogens is 2050 g/mol. The predicted octanol–water partition coefficient (Wildman–Crippen LogP) is 16.3. The van der Waals surface area contributed by atoms with Gasteiger partial charge in [0, 0.05) is 42.0 Å². The molecule has 146 heavy (non-hydrogen) atoms. The number of hydrogen-bond acceptors (Lipinski definition) is 24. The van der Waals surface area contributed by atoms with Gasteiger partial charge in [-0.05, 0) is 305 Å². The van der Waals surface area contributed by atoms with Gasteiger partial charge in [0.05, 0.1) is 6.61 Å². The molecule has 0 aliphatic carbocycles. The molecule has 0 radical (unpaired) electrons. The third kappa shape index (κ3) is 26.6. The molecule has 0 unspecified atom stereocenters. The van der Waals surface area contributed by atoms with Crippen LogP contribution >= 0.6 is 0 Å². The Morgan fingerprint density at radius 3 is 0.623 bits per heavy atom. The van der Waals surface area contributed by atoms with Gasteiger partial charge >= 0.3 is 0 Å². The number of phenolic OH excluding ortho intramolecular Hbond substituents is 2. The van der Waals surface area contributed by atoms with E-state index in [2.05, 4.69) is 45.0 Å². The number of aromatic hydroxyl groups is 2. The molecular formula is C112H104O24S10. The van der Waals surface area contributed by atoms with Gasteiger partial charge in [-0.2, -0.15) is 0 Å². The van der Waals surface area contributed by atoms with Gasteiger partial charge in [0.15, 0.2) is 73.4 Å². The van der Waals surface area contributed by atoms with E-state index >= 15 is 0 Å². The van der Waals surface area contributed by atoms with Gasteiger partial charge in [-0.15, -0.1) is 0 Å². The summed E-state index contributed by atoms with van der Waals surface area (Å²) >= 11 is 0. The molecule has 15 aromatic rings. The second-order valence-electron chi connectivity index (χ2n) is 34.2. The van der Waals surface area contributed by atoms with Crippen LogP contribution < -0.4 is 35.0 Å². The highest BCUT2D eigenvalue weighted by Crippen LogP contribution is 2.52. The van der Waals surface area contributed by atoms with Gasteiger partial charge in [-0.25, -0.2) is 42.1 Å². The van der Waals surface area contributed by atoms with E-state index in [0.717, 1.165) is 131 Å². The van der Waals surface area contributed by atoms with Crippen molar-refractivity contribution < 1.29 is 111 Å². The summed E-state index contributed by atoms with van der Waals surface area (Å²) in [4.78, 5) is 62.1. The Bertz CT molecular complexity index is 7570. The number of sulfone groups is 5. The zero-order chi connectivity index (χ0) is 107. The van der Waals surface area contributed by atoms with E-state index < -0.39 is 134 Å². The van der Waals surface area contributed by atoms with E-state index in [1.807, 2.05) is 236 Å². The highest BCUT2D eigenvalue weighted by Gasteiger charge is 2.51. The zero-order valence-electron chi connectivity index (χ0n) is 81.7. The molecule has 15 aromatic carbocycles. The Morgan fingerprint density at radius 2 is 0.438 bits per heavy atom. The molecule has 0 aromatic heterocycles. The minimum atomic E-state index is -3.51. The first-order valence-corrected chi connectivity index (χ1v) is 58.4. The molecule has 5 heterocycles. The van der Waals surface area contributed by atoms with Crippen LogP contribution in [-0.2, 0) is 133 Å². The van der Waals surface area contributed by atoms with Crippen LogP contribution in [0.15, 0.2) is 474 Å². The van der Waals surface area contributed by atoms with Crippen molar-refractivity contribution in [2.45, 2.75) is 230 Å². The minimum absolute atomic E-state index is 0.0906. The summed E-state index contributed by atoms with van der Waals surface area (Å²) in [5.41, 5.74) is 2.70. The number of rotatable bonds is 8. The number of hydrogen-bond donors (Lipinski definition) is 2. The molecule has 0 saturated carbocycles. The van der Waals surface area contributed by atoms with Crippen LogP contribution in [-0.4, -0.2) is 94.4 Å². The lowest BCUT2D eigenvalue weighted by atomic mass is 9.87. The van der Waals surface area contributed by atoms with Crippen molar-refractivity contribution >= 4 is 134 Å². The fraction of sp³-hybridized carbons (Fsp3) is 0.152. The first-order chi connectivity index (χ1) is 68.9. The van der Waals surface area contributed by atoms with Gasteiger partial charge in [0.2, 0.25) is 49.2 Å². The maximum atomic E-state index is 13.1. The van der Waals surface area contributed by atoms with Crippen LogP contribution in [0, 0.1) is 13.8 Å². The standard InChI is InChI=1S/C22H21O3S2.C22H21O2S2.C20H16O3S2.C20H17O3S2.C18H12O3S2.5C2H4O2/c1-22(2,3)25-16-12-14-17(15-13-16)26-18-8-4-6-10-20(18)27(23,24)21-11-7-5-9-19(21)26;1-22(2,3)16-12-14-17(15-13-16)25-18-8-4-6-10-20(18)26(23,24)21-11-7-5-9-19(21)25;1-13-11-15(12-14(2)20(13)21)24-16-7-3-5-9-18(16)25(22,23)19-10-6-4-8-17(19)24;1-2-23-15-11-13-16(14-12-15)24-17-7-3-5-9-19(17)25(21,22)20-10-6-4-8-18(20)24;19-13-9-11-14(12-10-13)22-15-5-1-3-7-17(15)23(20,21)18-8-4-2-6-16(18)22;5*1-2(3)4/h4-15H,1-3H3;4-15H,1-3H3;3-12H,1-2H3;3-14H,2H2,1H3;1-12H;5*1H3,(H,3,4)/q2*+1;;+1;;;;;;/p-3. The van der Waals surface area contributed by atoms with E-state index in [1.54, 1.807) is 133 Å². The van der Waals surface area contributed by atoms with Gasteiger partial charge in [-0.1, -0.05) is 154 Å². The number of aryl methyl sites for hydroxylation is 2. The van der Waals surface area contributed by atoms with Crippen molar-refractivity contribution in [3.05, 3.63) is 369 Å². The summed E-state index contributed by atoms with van der Waals surface area (Å²) in [6.45, 7) is 23.8. The van der Waals surface area contributed by atoms with Crippen LogP contribution in [0.3, 0.4) is 0 Å². The lowest BCUT2D eigenvalue weighted by molar-refractivity contribution is -0.303. The number of ether oxygens (including phenoxy) is 2. The molecule has 756 valence electrons.